The quantitative estimate of drug-likeness (QED) is 0.449. The zero-order valence-electron chi connectivity index (χ0n) is 9.47. The molecule has 0 aromatic heterocycles. The van der Waals surface area contributed by atoms with Gasteiger partial charge < -0.3 is 16.2 Å². The third-order valence-electron chi connectivity index (χ3n) is 1.97. The molecule has 0 spiro atoms. The van der Waals surface area contributed by atoms with Gasteiger partial charge in [0, 0.05) is 12.1 Å². The van der Waals surface area contributed by atoms with Gasteiger partial charge in [-0.1, -0.05) is 18.2 Å². The Balaban J connectivity index is 2.80. The van der Waals surface area contributed by atoms with Gasteiger partial charge in [-0.25, -0.2) is 0 Å². The maximum absolute atomic E-state index is 5.23. The number of para-hydroxylation sites is 1. The van der Waals surface area contributed by atoms with Gasteiger partial charge in [0.1, 0.15) is 5.75 Å². The number of benzene rings is 1. The molecular weight excluding hydrogens is 204 g/mol. The Morgan fingerprint density at radius 3 is 2.56 bits per heavy atom. The summed E-state index contributed by atoms with van der Waals surface area (Å²) in [6, 6.07) is 7.76. The number of guanidine groups is 1. The highest BCUT2D eigenvalue weighted by Gasteiger charge is 2.02. The van der Waals surface area contributed by atoms with E-state index >= 15 is 0 Å². The molecule has 0 saturated carbocycles. The van der Waals surface area contributed by atoms with Crippen LogP contribution >= 0.6 is 0 Å². The van der Waals surface area contributed by atoms with Crippen molar-refractivity contribution in [3.05, 3.63) is 29.8 Å². The molecule has 0 aliphatic heterocycles. The minimum Gasteiger partial charge on any atom is -0.496 e. The zero-order valence-corrected chi connectivity index (χ0v) is 9.47. The zero-order chi connectivity index (χ0) is 12.0. The van der Waals surface area contributed by atoms with Crippen LogP contribution in [0.2, 0.25) is 0 Å². The lowest BCUT2D eigenvalue weighted by atomic mass is 10.1. The van der Waals surface area contributed by atoms with E-state index in [0.29, 0.717) is 6.42 Å². The lowest BCUT2D eigenvalue weighted by Crippen LogP contribution is -2.22. The fourth-order valence-corrected chi connectivity index (χ4v) is 1.30. The number of rotatable bonds is 4. The van der Waals surface area contributed by atoms with Crippen molar-refractivity contribution < 1.29 is 4.74 Å². The van der Waals surface area contributed by atoms with Gasteiger partial charge in [0.05, 0.1) is 7.11 Å². The van der Waals surface area contributed by atoms with Crippen molar-refractivity contribution in [3.8, 4) is 5.75 Å². The van der Waals surface area contributed by atoms with Crippen LogP contribution in [0.5, 0.6) is 5.75 Å². The van der Waals surface area contributed by atoms with E-state index in [1.165, 1.54) is 0 Å². The Labute approximate surface area is 94.8 Å². The van der Waals surface area contributed by atoms with E-state index in [-0.39, 0.29) is 5.96 Å². The van der Waals surface area contributed by atoms with Crippen LogP contribution in [0.4, 0.5) is 0 Å². The highest BCUT2D eigenvalue weighted by molar-refractivity contribution is 5.85. The molecule has 1 aromatic rings. The SMILES string of the molecule is COc1ccccc1C/C(C)=N\N=C(N)N. The predicted octanol–water partition coefficient (Wildman–Crippen LogP) is 0.887. The van der Waals surface area contributed by atoms with Crippen molar-refractivity contribution >= 4 is 11.7 Å². The number of methoxy groups -OCH3 is 1. The Hall–Kier alpha value is -2.04. The molecule has 0 amide bonds. The summed E-state index contributed by atoms with van der Waals surface area (Å²) in [6.07, 6.45) is 0.654. The van der Waals surface area contributed by atoms with Gasteiger partial charge in [-0.3, -0.25) is 0 Å². The van der Waals surface area contributed by atoms with Gasteiger partial charge in [0.2, 0.25) is 5.96 Å². The molecule has 1 rings (SSSR count). The molecule has 0 aliphatic carbocycles. The van der Waals surface area contributed by atoms with Crippen LogP contribution in [0.15, 0.2) is 34.5 Å². The molecule has 0 bridgehead atoms. The van der Waals surface area contributed by atoms with Gasteiger partial charge in [0.15, 0.2) is 0 Å². The van der Waals surface area contributed by atoms with Crippen molar-refractivity contribution in [3.63, 3.8) is 0 Å². The average Bonchev–Trinajstić information content (AvgIpc) is 2.27. The number of ether oxygens (including phenoxy) is 1. The molecule has 86 valence electrons. The van der Waals surface area contributed by atoms with Crippen LogP contribution < -0.4 is 16.2 Å². The second-order valence-corrected chi connectivity index (χ2v) is 3.35. The predicted molar refractivity (Wildman–Crippen MR) is 65.6 cm³/mol. The molecule has 4 N–H and O–H groups in total. The lowest BCUT2D eigenvalue weighted by Gasteiger charge is -2.06. The van der Waals surface area contributed by atoms with Crippen molar-refractivity contribution in [2.75, 3.05) is 7.11 Å². The van der Waals surface area contributed by atoms with Gasteiger partial charge in [-0.05, 0) is 18.6 Å². The van der Waals surface area contributed by atoms with Crippen LogP contribution in [-0.4, -0.2) is 18.8 Å². The maximum Gasteiger partial charge on any atom is 0.211 e. The average molecular weight is 220 g/mol. The largest absolute Gasteiger partial charge is 0.496 e. The summed E-state index contributed by atoms with van der Waals surface area (Å²) >= 11 is 0. The van der Waals surface area contributed by atoms with Crippen molar-refractivity contribution in [1.29, 1.82) is 0 Å². The van der Waals surface area contributed by atoms with E-state index in [9.17, 15) is 0 Å². The molecule has 0 aliphatic rings. The monoisotopic (exact) mass is 220 g/mol. The smallest absolute Gasteiger partial charge is 0.211 e. The highest BCUT2D eigenvalue weighted by Crippen LogP contribution is 2.18. The normalized spacial score (nSPS) is 11.0. The van der Waals surface area contributed by atoms with E-state index in [1.54, 1.807) is 7.11 Å². The molecule has 5 nitrogen and oxygen atoms in total. The summed E-state index contributed by atoms with van der Waals surface area (Å²) in [7, 11) is 1.64. The molecule has 0 fully saturated rings. The second kappa shape index (κ2) is 5.75. The molecule has 0 saturated heterocycles. The highest BCUT2D eigenvalue weighted by atomic mass is 16.5. The number of nitrogens with two attached hydrogens (primary N) is 2. The molecule has 0 radical (unpaired) electrons. The topological polar surface area (TPSA) is 86.0 Å². The first-order chi connectivity index (χ1) is 7.63. The third kappa shape index (κ3) is 3.61. The Morgan fingerprint density at radius 2 is 1.94 bits per heavy atom. The second-order valence-electron chi connectivity index (χ2n) is 3.35. The number of hydrogen-bond donors (Lipinski definition) is 2. The fraction of sp³-hybridized carbons (Fsp3) is 0.273. The van der Waals surface area contributed by atoms with Crippen LogP contribution in [0.1, 0.15) is 12.5 Å². The summed E-state index contributed by atoms with van der Waals surface area (Å²) in [5, 5.41) is 7.49. The molecule has 0 unspecified atom stereocenters. The van der Waals surface area contributed by atoms with Gasteiger partial charge in [-0.2, -0.15) is 5.10 Å². The van der Waals surface area contributed by atoms with Crippen molar-refractivity contribution in [2.24, 2.45) is 21.7 Å². The standard InChI is InChI=1S/C11H16N4O/c1-8(14-15-11(12)13)7-9-5-3-4-6-10(9)16-2/h3-6H,7H2,1-2H3,(H4,12,13,15)/b14-8-. The maximum atomic E-state index is 5.23. The van der Waals surface area contributed by atoms with Crippen molar-refractivity contribution in [2.45, 2.75) is 13.3 Å². The van der Waals surface area contributed by atoms with Gasteiger partial charge in [-0.15, -0.1) is 5.10 Å². The molecule has 5 heteroatoms. The molecule has 0 heterocycles. The Bertz CT molecular complexity index is 408. The third-order valence-corrected chi connectivity index (χ3v) is 1.97. The lowest BCUT2D eigenvalue weighted by molar-refractivity contribution is 0.411. The first-order valence-corrected chi connectivity index (χ1v) is 4.87. The van der Waals surface area contributed by atoms with Crippen LogP contribution in [0.3, 0.4) is 0 Å². The van der Waals surface area contributed by atoms with E-state index in [4.69, 9.17) is 16.2 Å². The number of nitrogens with zero attached hydrogens (tertiary/aromatic N) is 2. The van der Waals surface area contributed by atoms with E-state index in [0.717, 1.165) is 17.0 Å². The fourth-order valence-electron chi connectivity index (χ4n) is 1.30. The first kappa shape index (κ1) is 12.0. The van der Waals surface area contributed by atoms with E-state index in [1.807, 2.05) is 31.2 Å². The van der Waals surface area contributed by atoms with Gasteiger partial charge in [0.25, 0.3) is 0 Å². The van der Waals surface area contributed by atoms with E-state index < -0.39 is 0 Å². The molecule has 1 aromatic carbocycles. The minimum absolute atomic E-state index is 0.0422. The summed E-state index contributed by atoms with van der Waals surface area (Å²) in [5.41, 5.74) is 12.2. The van der Waals surface area contributed by atoms with Crippen LogP contribution in [0.25, 0.3) is 0 Å². The first-order valence-electron chi connectivity index (χ1n) is 4.87. The van der Waals surface area contributed by atoms with Crippen LogP contribution in [0, 0.1) is 0 Å². The summed E-state index contributed by atoms with van der Waals surface area (Å²) in [4.78, 5) is 0. The van der Waals surface area contributed by atoms with Crippen LogP contribution in [-0.2, 0) is 6.42 Å². The number of hydrogen-bond acceptors (Lipinski definition) is 3. The minimum atomic E-state index is -0.0422. The molecule has 0 atom stereocenters. The van der Waals surface area contributed by atoms with Gasteiger partial charge >= 0.3 is 0 Å². The Kier molecular flexibility index (Phi) is 4.32. The molecule has 16 heavy (non-hydrogen) atoms. The van der Waals surface area contributed by atoms with E-state index in [2.05, 4.69) is 10.2 Å². The Morgan fingerprint density at radius 1 is 1.25 bits per heavy atom. The van der Waals surface area contributed by atoms with Crippen molar-refractivity contribution in [1.82, 2.24) is 0 Å². The summed E-state index contributed by atoms with van der Waals surface area (Å²) in [6.45, 7) is 1.86. The summed E-state index contributed by atoms with van der Waals surface area (Å²) < 4.78 is 5.23. The molecular formula is C11H16N4O. The summed E-state index contributed by atoms with van der Waals surface area (Å²) in [5.74, 6) is 0.793.